The predicted molar refractivity (Wildman–Crippen MR) is 94.5 cm³/mol. The number of nitrogens with one attached hydrogen (secondary N) is 2. The van der Waals surface area contributed by atoms with Gasteiger partial charge in [-0.25, -0.2) is 8.78 Å². The van der Waals surface area contributed by atoms with Gasteiger partial charge in [0.05, 0.1) is 29.8 Å². The van der Waals surface area contributed by atoms with Gasteiger partial charge < -0.3 is 10.2 Å². The van der Waals surface area contributed by atoms with Gasteiger partial charge in [-0.2, -0.15) is 0 Å². The quantitative estimate of drug-likeness (QED) is 0.821. The third-order valence-electron chi connectivity index (χ3n) is 4.61. The van der Waals surface area contributed by atoms with Gasteiger partial charge >= 0.3 is 0 Å². The molecule has 1 unspecified atom stereocenters. The minimum Gasteiger partial charge on any atom is -0.339 e. The minimum atomic E-state index is -2.82. The molecule has 0 aromatic heterocycles. The van der Waals surface area contributed by atoms with Crippen LogP contribution in [0, 0.1) is 0 Å². The zero-order valence-corrected chi connectivity index (χ0v) is 14.9. The Morgan fingerprint density at radius 2 is 1.92 bits per heavy atom. The van der Waals surface area contributed by atoms with Crippen LogP contribution in [0.15, 0.2) is 24.3 Å². The summed E-state index contributed by atoms with van der Waals surface area (Å²) in [6.07, 6.45) is -0.452. The third kappa shape index (κ3) is 4.69. The number of benzene rings is 1. The van der Waals surface area contributed by atoms with Crippen LogP contribution in [-0.4, -0.2) is 72.8 Å². The third-order valence-corrected chi connectivity index (χ3v) is 4.94. The average molecular weight is 387 g/mol. The smallest absolute Gasteiger partial charge is 0.262 e. The first kappa shape index (κ1) is 19.0. The number of alkyl halides is 2. The summed E-state index contributed by atoms with van der Waals surface area (Å²) < 4.78 is 26.5. The molecular weight excluding hydrogens is 366 g/mol. The fourth-order valence-electron chi connectivity index (χ4n) is 3.19. The lowest BCUT2D eigenvalue weighted by molar-refractivity contribution is -0.135. The van der Waals surface area contributed by atoms with Crippen LogP contribution in [0.3, 0.4) is 0 Å². The van der Waals surface area contributed by atoms with Crippen molar-refractivity contribution in [2.75, 3.05) is 44.6 Å². The lowest BCUT2D eigenvalue weighted by atomic mass is 10.1. The topological polar surface area (TPSA) is 64.7 Å². The molecule has 2 saturated heterocycles. The summed E-state index contributed by atoms with van der Waals surface area (Å²) in [6.45, 7) is 1.61. The highest BCUT2D eigenvalue weighted by Gasteiger charge is 2.43. The lowest BCUT2D eigenvalue weighted by Gasteiger charge is -2.35. The molecule has 6 nitrogen and oxygen atoms in total. The number of para-hydroxylation sites is 1. The number of halogens is 3. The highest BCUT2D eigenvalue weighted by Crippen LogP contribution is 2.26. The second-order valence-electron chi connectivity index (χ2n) is 6.62. The Balaban J connectivity index is 1.44. The zero-order chi connectivity index (χ0) is 18.7. The van der Waals surface area contributed by atoms with Crippen molar-refractivity contribution in [2.24, 2.45) is 0 Å². The summed E-state index contributed by atoms with van der Waals surface area (Å²) in [7, 11) is 0. The fraction of sp³-hybridized carbons (Fsp3) is 0.529. The first-order valence-corrected chi connectivity index (χ1v) is 8.89. The maximum atomic E-state index is 13.2. The zero-order valence-electron chi connectivity index (χ0n) is 14.2. The van der Waals surface area contributed by atoms with Crippen LogP contribution in [0.2, 0.25) is 5.02 Å². The molecule has 0 bridgehead atoms. The van der Waals surface area contributed by atoms with Gasteiger partial charge in [0.2, 0.25) is 11.8 Å². The second-order valence-corrected chi connectivity index (χ2v) is 7.03. The molecule has 2 amide bonds. The second kappa shape index (κ2) is 7.85. The molecule has 1 aromatic carbocycles. The summed E-state index contributed by atoms with van der Waals surface area (Å²) in [5, 5.41) is 5.82. The highest BCUT2D eigenvalue weighted by molar-refractivity contribution is 6.33. The van der Waals surface area contributed by atoms with Crippen molar-refractivity contribution in [1.29, 1.82) is 0 Å². The van der Waals surface area contributed by atoms with E-state index < -0.39 is 24.9 Å². The van der Waals surface area contributed by atoms with Crippen molar-refractivity contribution in [3.63, 3.8) is 0 Å². The van der Waals surface area contributed by atoms with Gasteiger partial charge in [0.15, 0.2) is 0 Å². The number of nitrogens with zero attached hydrogens (tertiary/aromatic N) is 2. The van der Waals surface area contributed by atoms with E-state index in [0.29, 0.717) is 36.9 Å². The van der Waals surface area contributed by atoms with E-state index >= 15 is 0 Å². The molecule has 9 heteroatoms. The van der Waals surface area contributed by atoms with Crippen LogP contribution < -0.4 is 10.6 Å². The largest absolute Gasteiger partial charge is 0.339 e. The van der Waals surface area contributed by atoms with Crippen LogP contribution in [0.25, 0.3) is 0 Å². The normalized spacial score (nSPS) is 23.0. The summed E-state index contributed by atoms with van der Waals surface area (Å²) in [6, 6.07) is 6.17. The number of amides is 2. The SMILES string of the molecule is O=C(CN1CCN(C(=O)C2CC(F)(F)CN2)CC1)Nc1ccccc1Cl. The van der Waals surface area contributed by atoms with E-state index in [1.54, 1.807) is 29.2 Å². The van der Waals surface area contributed by atoms with Crippen molar-refractivity contribution in [3.8, 4) is 0 Å². The molecule has 26 heavy (non-hydrogen) atoms. The summed E-state index contributed by atoms with van der Waals surface area (Å²) in [5.74, 6) is -3.30. The lowest BCUT2D eigenvalue weighted by Crippen LogP contribution is -2.54. The number of hydrogen-bond acceptors (Lipinski definition) is 4. The van der Waals surface area contributed by atoms with Crippen LogP contribution in [0.5, 0.6) is 0 Å². The van der Waals surface area contributed by atoms with Gasteiger partial charge in [-0.05, 0) is 12.1 Å². The van der Waals surface area contributed by atoms with E-state index in [-0.39, 0.29) is 18.4 Å². The van der Waals surface area contributed by atoms with Gasteiger partial charge in [-0.15, -0.1) is 0 Å². The molecule has 0 radical (unpaired) electrons. The Hall–Kier alpha value is -1.77. The first-order valence-electron chi connectivity index (χ1n) is 8.51. The maximum absolute atomic E-state index is 13.2. The molecular formula is C17H21ClF2N4O2. The van der Waals surface area contributed by atoms with E-state index in [2.05, 4.69) is 10.6 Å². The molecule has 2 aliphatic rings. The predicted octanol–water partition coefficient (Wildman–Crippen LogP) is 1.42. The number of piperazine rings is 1. The van der Waals surface area contributed by atoms with E-state index in [1.165, 1.54) is 0 Å². The van der Waals surface area contributed by atoms with E-state index in [4.69, 9.17) is 11.6 Å². The van der Waals surface area contributed by atoms with Gasteiger partial charge in [-0.1, -0.05) is 23.7 Å². The molecule has 2 heterocycles. The summed E-state index contributed by atoms with van der Waals surface area (Å²) in [5.41, 5.74) is 0.557. The number of carbonyl (C=O) groups excluding carboxylic acids is 2. The average Bonchev–Trinajstić information content (AvgIpc) is 2.97. The molecule has 1 atom stereocenters. The van der Waals surface area contributed by atoms with Crippen LogP contribution in [0.4, 0.5) is 14.5 Å². The molecule has 0 aliphatic carbocycles. The molecule has 1 aromatic rings. The Morgan fingerprint density at radius 3 is 2.54 bits per heavy atom. The molecule has 142 valence electrons. The molecule has 2 aliphatic heterocycles. The van der Waals surface area contributed by atoms with Gasteiger partial charge in [-0.3, -0.25) is 19.8 Å². The molecule has 3 rings (SSSR count). The van der Waals surface area contributed by atoms with Crippen molar-refractivity contribution < 1.29 is 18.4 Å². The summed E-state index contributed by atoms with van der Waals surface area (Å²) >= 11 is 6.02. The van der Waals surface area contributed by atoms with Gasteiger partial charge in [0, 0.05) is 32.6 Å². The molecule has 0 spiro atoms. The van der Waals surface area contributed by atoms with Crippen molar-refractivity contribution in [1.82, 2.24) is 15.1 Å². The number of anilines is 1. The number of hydrogen-bond donors (Lipinski definition) is 2. The Morgan fingerprint density at radius 1 is 1.23 bits per heavy atom. The van der Waals surface area contributed by atoms with E-state index in [9.17, 15) is 18.4 Å². The van der Waals surface area contributed by atoms with Gasteiger partial charge in [0.25, 0.3) is 5.92 Å². The standard InChI is InChI=1S/C17H21ClF2N4O2/c18-12-3-1-2-4-13(12)22-15(25)10-23-5-7-24(8-6-23)16(26)14-9-17(19,20)11-21-14/h1-4,14,21H,5-11H2,(H,22,25). The maximum Gasteiger partial charge on any atom is 0.262 e. The van der Waals surface area contributed by atoms with Crippen LogP contribution in [-0.2, 0) is 9.59 Å². The fourth-order valence-corrected chi connectivity index (χ4v) is 3.38. The van der Waals surface area contributed by atoms with E-state index in [1.807, 2.05) is 4.90 Å². The minimum absolute atomic E-state index is 0.185. The van der Waals surface area contributed by atoms with Crippen LogP contribution >= 0.6 is 11.6 Å². The number of rotatable bonds is 4. The Kier molecular flexibility index (Phi) is 5.74. The Labute approximate surface area is 155 Å². The number of carbonyl (C=O) groups is 2. The highest BCUT2D eigenvalue weighted by atomic mass is 35.5. The Bertz CT molecular complexity index is 680. The molecule has 2 fully saturated rings. The van der Waals surface area contributed by atoms with Crippen molar-refractivity contribution in [3.05, 3.63) is 29.3 Å². The summed E-state index contributed by atoms with van der Waals surface area (Å²) in [4.78, 5) is 28.0. The van der Waals surface area contributed by atoms with Crippen molar-refractivity contribution in [2.45, 2.75) is 18.4 Å². The van der Waals surface area contributed by atoms with Crippen LogP contribution in [0.1, 0.15) is 6.42 Å². The van der Waals surface area contributed by atoms with Gasteiger partial charge in [0.1, 0.15) is 0 Å². The van der Waals surface area contributed by atoms with E-state index in [0.717, 1.165) is 0 Å². The molecule has 0 saturated carbocycles. The monoisotopic (exact) mass is 386 g/mol. The van der Waals surface area contributed by atoms with Crippen molar-refractivity contribution >= 4 is 29.1 Å². The molecule has 2 N–H and O–H groups in total. The first-order chi connectivity index (χ1) is 12.3.